The van der Waals surface area contributed by atoms with Crippen LogP contribution >= 0.6 is 23.2 Å². The van der Waals surface area contributed by atoms with Gasteiger partial charge in [0, 0.05) is 31.0 Å². The number of ether oxygens (including phenoxy) is 2. The van der Waals surface area contributed by atoms with E-state index < -0.39 is 29.1 Å². The molecule has 0 radical (unpaired) electrons. The fourth-order valence-corrected chi connectivity index (χ4v) is 4.27. The summed E-state index contributed by atoms with van der Waals surface area (Å²) in [5.74, 6) is -0.971. The highest BCUT2D eigenvalue weighted by atomic mass is 35.5. The van der Waals surface area contributed by atoms with Crippen molar-refractivity contribution in [3.8, 4) is 0 Å². The van der Waals surface area contributed by atoms with E-state index in [2.05, 4.69) is 5.32 Å². The SMILES string of the molecule is CCOC(=O)C1(NC(=O)c2cc3c(Cl)c(Cl)ccc3n2C)CCN(C(=O)OC(C)(C)C)CC1. The molecule has 1 aromatic heterocycles. The highest BCUT2D eigenvalue weighted by Gasteiger charge is 2.46. The Labute approximate surface area is 203 Å². The van der Waals surface area contributed by atoms with Gasteiger partial charge in [-0.3, -0.25) is 4.79 Å². The second kappa shape index (κ2) is 9.43. The number of nitrogens with one attached hydrogen (secondary N) is 1. The lowest BCUT2D eigenvalue weighted by Gasteiger charge is -2.40. The first-order valence-electron chi connectivity index (χ1n) is 10.8. The van der Waals surface area contributed by atoms with E-state index in [-0.39, 0.29) is 32.5 Å². The molecule has 1 aromatic carbocycles. The zero-order valence-corrected chi connectivity index (χ0v) is 21.0. The Balaban J connectivity index is 1.85. The molecule has 0 atom stereocenters. The predicted molar refractivity (Wildman–Crippen MR) is 127 cm³/mol. The van der Waals surface area contributed by atoms with Crippen LogP contribution in [-0.2, 0) is 21.3 Å². The summed E-state index contributed by atoms with van der Waals surface area (Å²) in [7, 11) is 1.74. The van der Waals surface area contributed by atoms with Crippen molar-refractivity contribution >= 4 is 52.1 Å². The third-order valence-electron chi connectivity index (χ3n) is 5.63. The van der Waals surface area contributed by atoms with Crippen molar-refractivity contribution in [2.24, 2.45) is 7.05 Å². The number of carbonyl (C=O) groups excluding carboxylic acids is 3. The number of halogens is 2. The Morgan fingerprint density at radius 1 is 1.15 bits per heavy atom. The third kappa shape index (κ3) is 5.22. The van der Waals surface area contributed by atoms with E-state index in [0.717, 1.165) is 5.52 Å². The van der Waals surface area contributed by atoms with Crippen LogP contribution in [0.4, 0.5) is 4.79 Å². The zero-order valence-electron chi connectivity index (χ0n) is 19.5. The lowest BCUT2D eigenvalue weighted by Crippen LogP contribution is -2.61. The van der Waals surface area contributed by atoms with Gasteiger partial charge in [-0.1, -0.05) is 23.2 Å². The molecule has 0 unspecified atom stereocenters. The summed E-state index contributed by atoms with van der Waals surface area (Å²) in [5, 5.41) is 4.27. The second-order valence-electron chi connectivity index (χ2n) is 9.11. The van der Waals surface area contributed by atoms with Gasteiger partial charge >= 0.3 is 12.1 Å². The average molecular weight is 498 g/mol. The van der Waals surface area contributed by atoms with Crippen LogP contribution in [0, 0.1) is 0 Å². The van der Waals surface area contributed by atoms with Crippen molar-refractivity contribution in [2.75, 3.05) is 19.7 Å². The number of hydrogen-bond donors (Lipinski definition) is 1. The molecule has 1 aliphatic rings. The number of carbonyl (C=O) groups is 3. The molecule has 180 valence electrons. The van der Waals surface area contributed by atoms with Crippen molar-refractivity contribution in [3.63, 3.8) is 0 Å². The van der Waals surface area contributed by atoms with E-state index >= 15 is 0 Å². The van der Waals surface area contributed by atoms with Gasteiger partial charge in [0.15, 0.2) is 0 Å². The van der Waals surface area contributed by atoms with Crippen LogP contribution in [0.1, 0.15) is 51.0 Å². The lowest BCUT2D eigenvalue weighted by molar-refractivity contribution is -0.153. The van der Waals surface area contributed by atoms with E-state index in [1.165, 1.54) is 4.90 Å². The van der Waals surface area contributed by atoms with Crippen LogP contribution in [0.25, 0.3) is 10.9 Å². The topological polar surface area (TPSA) is 89.9 Å². The summed E-state index contributed by atoms with van der Waals surface area (Å²) in [4.78, 5) is 40.2. The molecule has 3 rings (SSSR count). The monoisotopic (exact) mass is 497 g/mol. The molecule has 0 aliphatic carbocycles. The van der Waals surface area contributed by atoms with E-state index in [1.54, 1.807) is 57.5 Å². The fourth-order valence-electron chi connectivity index (χ4n) is 3.90. The molecule has 2 amide bonds. The Bertz CT molecular complexity index is 1080. The normalized spacial score (nSPS) is 15.9. The Kier molecular flexibility index (Phi) is 7.19. The molecule has 1 saturated heterocycles. The molecule has 0 bridgehead atoms. The number of hydrogen-bond acceptors (Lipinski definition) is 5. The van der Waals surface area contributed by atoms with Crippen molar-refractivity contribution in [1.82, 2.24) is 14.8 Å². The maximum absolute atomic E-state index is 13.3. The number of aryl methyl sites for hydroxylation is 1. The third-order valence-corrected chi connectivity index (χ3v) is 6.45. The van der Waals surface area contributed by atoms with Gasteiger partial charge in [0.1, 0.15) is 16.8 Å². The first-order valence-corrected chi connectivity index (χ1v) is 11.6. The van der Waals surface area contributed by atoms with E-state index in [4.69, 9.17) is 32.7 Å². The minimum Gasteiger partial charge on any atom is -0.464 e. The standard InChI is InChI=1S/C23H29Cl2N3O5/c1-6-32-20(30)23(9-11-28(12-10-23)21(31)33-22(2,3)4)26-19(29)17-13-14-16(27(17)5)8-7-15(24)18(14)25/h7-8,13H,6,9-12H2,1-5H3,(H,26,29). The maximum Gasteiger partial charge on any atom is 0.410 e. The van der Waals surface area contributed by atoms with Gasteiger partial charge in [0.25, 0.3) is 5.91 Å². The summed E-state index contributed by atoms with van der Waals surface area (Å²) in [6.45, 7) is 7.74. The predicted octanol–water partition coefficient (Wildman–Crippen LogP) is 4.55. The van der Waals surface area contributed by atoms with Crippen LogP contribution in [0.3, 0.4) is 0 Å². The number of piperidine rings is 1. The zero-order chi connectivity index (χ0) is 24.6. The number of benzene rings is 1. The van der Waals surface area contributed by atoms with Crippen LogP contribution in [0.5, 0.6) is 0 Å². The second-order valence-corrected chi connectivity index (χ2v) is 9.89. The molecule has 2 aromatic rings. The van der Waals surface area contributed by atoms with E-state index in [0.29, 0.717) is 21.1 Å². The van der Waals surface area contributed by atoms with Crippen LogP contribution < -0.4 is 5.32 Å². The van der Waals surface area contributed by atoms with Crippen molar-refractivity contribution in [2.45, 2.75) is 51.7 Å². The average Bonchev–Trinajstić information content (AvgIpc) is 3.07. The Hall–Kier alpha value is -2.45. The van der Waals surface area contributed by atoms with E-state index in [1.807, 2.05) is 0 Å². The molecule has 2 heterocycles. The van der Waals surface area contributed by atoms with Gasteiger partial charge in [-0.05, 0) is 58.7 Å². The number of amides is 2. The first kappa shape index (κ1) is 25.2. The number of fused-ring (bicyclic) bond motifs is 1. The van der Waals surface area contributed by atoms with Gasteiger partial charge in [-0.25, -0.2) is 9.59 Å². The highest BCUT2D eigenvalue weighted by Crippen LogP contribution is 2.33. The van der Waals surface area contributed by atoms with Crippen molar-refractivity contribution in [3.05, 3.63) is 33.9 Å². The summed E-state index contributed by atoms with van der Waals surface area (Å²) >= 11 is 12.4. The van der Waals surface area contributed by atoms with Gasteiger partial charge < -0.3 is 24.3 Å². The first-order chi connectivity index (χ1) is 15.4. The smallest absolute Gasteiger partial charge is 0.410 e. The largest absolute Gasteiger partial charge is 0.464 e. The molecule has 1 aliphatic heterocycles. The van der Waals surface area contributed by atoms with E-state index in [9.17, 15) is 14.4 Å². The summed E-state index contributed by atoms with van der Waals surface area (Å²) < 4.78 is 12.4. The number of esters is 1. The van der Waals surface area contributed by atoms with Crippen LogP contribution in [0.2, 0.25) is 10.0 Å². The van der Waals surface area contributed by atoms with Gasteiger partial charge in [0.05, 0.1) is 16.7 Å². The fraction of sp³-hybridized carbons (Fsp3) is 0.522. The number of likely N-dealkylation sites (tertiary alicyclic amines) is 1. The van der Waals surface area contributed by atoms with Crippen molar-refractivity contribution < 1.29 is 23.9 Å². The quantitative estimate of drug-likeness (QED) is 0.625. The molecular formula is C23H29Cl2N3O5. The number of rotatable bonds is 4. The van der Waals surface area contributed by atoms with Crippen LogP contribution in [-0.4, -0.2) is 58.3 Å². The van der Waals surface area contributed by atoms with Gasteiger partial charge in [-0.15, -0.1) is 0 Å². The Morgan fingerprint density at radius 2 is 1.79 bits per heavy atom. The lowest BCUT2D eigenvalue weighted by atomic mass is 9.87. The van der Waals surface area contributed by atoms with Gasteiger partial charge in [-0.2, -0.15) is 0 Å². The molecule has 1 N–H and O–H groups in total. The summed E-state index contributed by atoms with van der Waals surface area (Å²) in [5.41, 5.74) is -0.824. The van der Waals surface area contributed by atoms with Crippen molar-refractivity contribution in [1.29, 1.82) is 0 Å². The molecule has 0 saturated carbocycles. The minimum atomic E-state index is -1.26. The molecule has 0 spiro atoms. The maximum atomic E-state index is 13.3. The minimum absolute atomic E-state index is 0.175. The molecule has 1 fully saturated rings. The highest BCUT2D eigenvalue weighted by molar-refractivity contribution is 6.45. The number of aromatic nitrogens is 1. The molecule has 10 heteroatoms. The number of nitrogens with zero attached hydrogens (tertiary/aromatic N) is 2. The molecule has 8 nitrogen and oxygen atoms in total. The Morgan fingerprint density at radius 3 is 2.36 bits per heavy atom. The summed E-state index contributed by atoms with van der Waals surface area (Å²) in [6, 6.07) is 5.09. The molecule has 33 heavy (non-hydrogen) atoms. The summed E-state index contributed by atoms with van der Waals surface area (Å²) in [6.07, 6.45) is -0.0489. The van der Waals surface area contributed by atoms with Crippen LogP contribution in [0.15, 0.2) is 18.2 Å². The van der Waals surface area contributed by atoms with Gasteiger partial charge in [0.2, 0.25) is 0 Å². The molecular weight excluding hydrogens is 469 g/mol.